The maximum Gasteiger partial charge on any atom is 0.146 e. The van der Waals surface area contributed by atoms with Gasteiger partial charge in [0, 0.05) is 34.3 Å². The van der Waals surface area contributed by atoms with Gasteiger partial charge in [-0.2, -0.15) is 0 Å². The second kappa shape index (κ2) is 8.11. The Labute approximate surface area is 159 Å². The molecule has 1 aliphatic rings. The van der Waals surface area contributed by atoms with Crippen molar-refractivity contribution in [3.05, 3.63) is 65.9 Å². The van der Waals surface area contributed by atoms with Gasteiger partial charge in [-0.1, -0.05) is 30.7 Å². The number of hydrogen-bond acceptors (Lipinski definition) is 4. The minimum atomic E-state index is 0.347. The maximum atomic E-state index is 10.8. The fraction of sp³-hybridized carbons (Fsp3) is 0.318. The minimum Gasteiger partial charge on any atom is -0.505 e. The molecule has 2 aromatic carbocycles. The number of aromatic hydroxyl groups is 1. The largest absolute Gasteiger partial charge is 0.505 e. The zero-order chi connectivity index (χ0) is 17.8. The molecule has 0 saturated carbocycles. The van der Waals surface area contributed by atoms with Crippen molar-refractivity contribution in [2.75, 3.05) is 13.1 Å². The van der Waals surface area contributed by atoms with Gasteiger partial charge in [-0.25, -0.2) is 0 Å². The highest BCUT2D eigenvalue weighted by Crippen LogP contribution is 2.34. The van der Waals surface area contributed by atoms with Crippen molar-refractivity contribution in [2.45, 2.75) is 36.5 Å². The third-order valence-electron chi connectivity index (χ3n) is 5.01. The number of fused-ring (bicyclic) bond motifs is 1. The molecule has 0 bridgehead atoms. The molecule has 1 saturated heterocycles. The SMILES string of the molecule is Oc1c(CN2CCCCC2)cc(CSc2ccccc2)c2cccnc12. The van der Waals surface area contributed by atoms with Crippen LogP contribution in [-0.2, 0) is 12.3 Å². The average Bonchev–Trinajstić information content (AvgIpc) is 2.71. The molecule has 0 spiro atoms. The number of rotatable bonds is 5. The lowest BCUT2D eigenvalue weighted by molar-refractivity contribution is 0.218. The van der Waals surface area contributed by atoms with E-state index in [9.17, 15) is 5.11 Å². The van der Waals surface area contributed by atoms with Crippen LogP contribution < -0.4 is 0 Å². The summed E-state index contributed by atoms with van der Waals surface area (Å²) >= 11 is 1.83. The Balaban J connectivity index is 1.65. The molecule has 4 heteroatoms. The van der Waals surface area contributed by atoms with E-state index in [0.717, 1.165) is 41.9 Å². The molecule has 134 valence electrons. The Morgan fingerprint density at radius 1 is 0.962 bits per heavy atom. The number of piperidine rings is 1. The number of nitrogens with zero attached hydrogens (tertiary/aromatic N) is 2. The zero-order valence-electron chi connectivity index (χ0n) is 14.9. The molecule has 4 rings (SSSR count). The normalized spacial score (nSPS) is 15.4. The predicted molar refractivity (Wildman–Crippen MR) is 109 cm³/mol. The molecule has 2 heterocycles. The Bertz CT molecular complexity index is 876. The summed E-state index contributed by atoms with van der Waals surface area (Å²) in [6.07, 6.45) is 5.59. The van der Waals surface area contributed by atoms with E-state index in [-0.39, 0.29) is 0 Å². The Hall–Kier alpha value is -2.04. The van der Waals surface area contributed by atoms with E-state index in [0.29, 0.717) is 5.75 Å². The van der Waals surface area contributed by atoms with Gasteiger partial charge in [0.1, 0.15) is 11.3 Å². The molecule has 3 aromatic rings. The van der Waals surface area contributed by atoms with Crippen LogP contribution in [0.1, 0.15) is 30.4 Å². The van der Waals surface area contributed by atoms with Crippen molar-refractivity contribution in [1.29, 1.82) is 0 Å². The van der Waals surface area contributed by atoms with E-state index >= 15 is 0 Å². The first-order valence-electron chi connectivity index (χ1n) is 9.30. The molecule has 0 radical (unpaired) electrons. The monoisotopic (exact) mass is 364 g/mol. The Kier molecular flexibility index (Phi) is 5.42. The summed E-state index contributed by atoms with van der Waals surface area (Å²) < 4.78 is 0. The van der Waals surface area contributed by atoms with Crippen LogP contribution in [0.2, 0.25) is 0 Å². The average molecular weight is 365 g/mol. The van der Waals surface area contributed by atoms with Crippen LogP contribution in [0, 0.1) is 0 Å². The number of pyridine rings is 1. The van der Waals surface area contributed by atoms with Crippen molar-refractivity contribution in [3.8, 4) is 5.75 Å². The van der Waals surface area contributed by atoms with Crippen molar-refractivity contribution in [1.82, 2.24) is 9.88 Å². The zero-order valence-corrected chi connectivity index (χ0v) is 15.7. The van der Waals surface area contributed by atoms with Gasteiger partial charge >= 0.3 is 0 Å². The fourth-order valence-corrected chi connectivity index (χ4v) is 4.55. The lowest BCUT2D eigenvalue weighted by Gasteiger charge is -2.27. The number of phenolic OH excluding ortho intramolecular Hbond substituents is 1. The van der Waals surface area contributed by atoms with E-state index in [2.05, 4.69) is 46.3 Å². The van der Waals surface area contributed by atoms with Crippen molar-refractivity contribution in [3.63, 3.8) is 0 Å². The Morgan fingerprint density at radius 3 is 2.58 bits per heavy atom. The molecule has 3 nitrogen and oxygen atoms in total. The summed E-state index contributed by atoms with van der Waals surface area (Å²) in [5.74, 6) is 1.22. The summed E-state index contributed by atoms with van der Waals surface area (Å²) in [4.78, 5) is 8.18. The van der Waals surface area contributed by atoms with Crippen LogP contribution in [0.4, 0.5) is 0 Å². The van der Waals surface area contributed by atoms with Gasteiger partial charge < -0.3 is 5.11 Å². The third-order valence-corrected chi connectivity index (χ3v) is 6.07. The van der Waals surface area contributed by atoms with Gasteiger partial charge in [0.2, 0.25) is 0 Å². The van der Waals surface area contributed by atoms with E-state index < -0.39 is 0 Å². The molecule has 0 unspecified atom stereocenters. The van der Waals surface area contributed by atoms with Crippen LogP contribution >= 0.6 is 11.8 Å². The fourth-order valence-electron chi connectivity index (χ4n) is 3.64. The maximum absolute atomic E-state index is 10.8. The van der Waals surface area contributed by atoms with Gasteiger partial charge in [-0.15, -0.1) is 11.8 Å². The van der Waals surface area contributed by atoms with E-state index in [4.69, 9.17) is 0 Å². The van der Waals surface area contributed by atoms with Crippen LogP contribution in [0.25, 0.3) is 10.9 Å². The van der Waals surface area contributed by atoms with Crippen LogP contribution in [0.15, 0.2) is 59.6 Å². The van der Waals surface area contributed by atoms with Crippen LogP contribution in [0.3, 0.4) is 0 Å². The smallest absolute Gasteiger partial charge is 0.146 e. The molecular formula is C22H24N2OS. The van der Waals surface area contributed by atoms with Gasteiger partial charge in [0.15, 0.2) is 0 Å². The number of benzene rings is 2. The highest BCUT2D eigenvalue weighted by atomic mass is 32.2. The number of thioether (sulfide) groups is 1. The highest BCUT2D eigenvalue weighted by molar-refractivity contribution is 7.98. The number of phenols is 1. The van der Waals surface area contributed by atoms with Gasteiger partial charge in [-0.05, 0) is 55.8 Å². The van der Waals surface area contributed by atoms with Gasteiger partial charge in [0.05, 0.1) is 0 Å². The van der Waals surface area contributed by atoms with Crippen molar-refractivity contribution in [2.24, 2.45) is 0 Å². The Morgan fingerprint density at radius 2 is 1.77 bits per heavy atom. The molecule has 1 aromatic heterocycles. The molecule has 26 heavy (non-hydrogen) atoms. The van der Waals surface area contributed by atoms with E-state index in [1.54, 1.807) is 6.20 Å². The lowest BCUT2D eigenvalue weighted by atomic mass is 10.0. The molecule has 0 aliphatic carbocycles. The predicted octanol–water partition coefficient (Wildman–Crippen LogP) is 5.22. The molecule has 1 N–H and O–H groups in total. The quantitative estimate of drug-likeness (QED) is 0.630. The molecule has 1 fully saturated rings. The molecule has 1 aliphatic heterocycles. The number of aromatic nitrogens is 1. The van der Waals surface area contributed by atoms with Crippen LogP contribution in [-0.4, -0.2) is 28.1 Å². The highest BCUT2D eigenvalue weighted by Gasteiger charge is 2.17. The minimum absolute atomic E-state index is 0.347. The molecule has 0 amide bonds. The lowest BCUT2D eigenvalue weighted by Crippen LogP contribution is -2.29. The van der Waals surface area contributed by atoms with E-state index in [1.807, 2.05) is 23.9 Å². The van der Waals surface area contributed by atoms with Gasteiger partial charge in [0.25, 0.3) is 0 Å². The second-order valence-electron chi connectivity index (χ2n) is 6.88. The summed E-state index contributed by atoms with van der Waals surface area (Å²) in [7, 11) is 0. The summed E-state index contributed by atoms with van der Waals surface area (Å²) in [5, 5.41) is 11.8. The van der Waals surface area contributed by atoms with Crippen molar-refractivity contribution < 1.29 is 5.11 Å². The van der Waals surface area contributed by atoms with Gasteiger partial charge in [-0.3, -0.25) is 9.88 Å². The second-order valence-corrected chi connectivity index (χ2v) is 7.93. The molecule has 0 atom stereocenters. The summed E-state index contributed by atoms with van der Waals surface area (Å²) in [5.41, 5.74) is 2.97. The standard InChI is InChI=1S/C22H24N2OS/c25-22-17(15-24-12-5-2-6-13-24)14-18(20-10-7-11-23-21(20)22)16-26-19-8-3-1-4-9-19/h1,3-4,7-11,14,25H,2,5-6,12-13,15-16H2. The first-order chi connectivity index (χ1) is 12.8. The third kappa shape index (κ3) is 3.87. The van der Waals surface area contributed by atoms with Crippen LogP contribution in [0.5, 0.6) is 5.75 Å². The first kappa shape index (κ1) is 17.4. The molecular weight excluding hydrogens is 340 g/mol. The first-order valence-corrected chi connectivity index (χ1v) is 10.3. The topological polar surface area (TPSA) is 36.4 Å². The number of likely N-dealkylation sites (tertiary alicyclic amines) is 1. The van der Waals surface area contributed by atoms with Crippen molar-refractivity contribution >= 4 is 22.7 Å². The summed E-state index contributed by atoms with van der Waals surface area (Å²) in [6.45, 7) is 3.04. The van der Waals surface area contributed by atoms with E-state index in [1.165, 1.54) is 29.7 Å². The summed E-state index contributed by atoms with van der Waals surface area (Å²) in [6, 6.07) is 16.7. The number of hydrogen-bond donors (Lipinski definition) is 1.